The van der Waals surface area contributed by atoms with E-state index in [1.807, 2.05) is 4.90 Å². The monoisotopic (exact) mass is 594 g/mol. The zero-order valence-corrected chi connectivity index (χ0v) is 24.4. The van der Waals surface area contributed by atoms with Crippen molar-refractivity contribution in [2.24, 2.45) is 5.10 Å². The van der Waals surface area contributed by atoms with Crippen LogP contribution in [0, 0.1) is 0 Å². The summed E-state index contributed by atoms with van der Waals surface area (Å²) in [5.41, 5.74) is 3.21. The summed E-state index contributed by atoms with van der Waals surface area (Å²) in [5.74, 6) is 0.520. The highest BCUT2D eigenvalue weighted by Crippen LogP contribution is 2.35. The van der Waals surface area contributed by atoms with Crippen molar-refractivity contribution < 1.29 is 32.2 Å². The summed E-state index contributed by atoms with van der Waals surface area (Å²) in [6.45, 7) is 0.958. The van der Waals surface area contributed by atoms with E-state index in [2.05, 4.69) is 10.5 Å². The van der Waals surface area contributed by atoms with Crippen molar-refractivity contribution in [2.45, 2.75) is 24.2 Å². The summed E-state index contributed by atoms with van der Waals surface area (Å²) in [5, 5.41) is 3.98. The van der Waals surface area contributed by atoms with Crippen molar-refractivity contribution in [3.63, 3.8) is 0 Å². The van der Waals surface area contributed by atoms with Crippen molar-refractivity contribution in [1.29, 1.82) is 0 Å². The van der Waals surface area contributed by atoms with Crippen LogP contribution in [0.25, 0.3) is 0 Å². The van der Waals surface area contributed by atoms with Crippen LogP contribution in [0.15, 0.2) is 82.8 Å². The average molecular weight is 595 g/mol. The second-order valence-corrected chi connectivity index (χ2v) is 11.3. The van der Waals surface area contributed by atoms with Crippen LogP contribution in [0.3, 0.4) is 0 Å². The minimum absolute atomic E-state index is 0.0131. The number of sulfonamides is 1. The van der Waals surface area contributed by atoms with Crippen LogP contribution in [-0.4, -0.2) is 71.8 Å². The Hall–Kier alpha value is -4.58. The first-order chi connectivity index (χ1) is 20.3. The number of carbonyl (C=O) groups is 2. The van der Waals surface area contributed by atoms with Crippen molar-refractivity contribution >= 4 is 33.7 Å². The van der Waals surface area contributed by atoms with E-state index in [0.717, 1.165) is 36.7 Å². The molecule has 0 spiro atoms. The number of carbonyl (C=O) groups excluding carboxylic acids is 2. The molecule has 1 N–H and O–H groups in total. The first-order valence-corrected chi connectivity index (χ1v) is 14.9. The fourth-order valence-corrected chi connectivity index (χ4v) is 5.84. The van der Waals surface area contributed by atoms with Crippen LogP contribution < -0.4 is 23.9 Å². The molecule has 0 atom stereocenters. The molecule has 1 fully saturated rings. The van der Waals surface area contributed by atoms with Gasteiger partial charge in [-0.05, 0) is 73.4 Å². The first-order valence-electron chi connectivity index (χ1n) is 13.4. The number of hydrogen-bond donors (Lipinski definition) is 1. The van der Waals surface area contributed by atoms with Gasteiger partial charge in [0, 0.05) is 19.2 Å². The molecule has 1 aliphatic heterocycles. The van der Waals surface area contributed by atoms with Crippen molar-refractivity contribution in [3.05, 3.63) is 78.4 Å². The molecule has 11 nitrogen and oxygen atoms in total. The number of nitrogens with one attached hydrogen (secondary N) is 1. The van der Waals surface area contributed by atoms with Gasteiger partial charge in [0.05, 0.1) is 31.0 Å². The predicted octanol–water partition coefficient (Wildman–Crippen LogP) is 3.44. The number of nitrogens with zero attached hydrogens (tertiary/aromatic N) is 3. The lowest BCUT2D eigenvalue weighted by molar-refractivity contribution is -0.134. The minimum atomic E-state index is -4.14. The number of amides is 2. The number of hydrogen-bond acceptors (Lipinski definition) is 8. The molecule has 1 aliphatic rings. The third kappa shape index (κ3) is 7.78. The lowest BCUT2D eigenvalue weighted by Gasteiger charge is -2.26. The Balaban J connectivity index is 1.41. The maximum absolute atomic E-state index is 13.6. The molecule has 3 aromatic rings. The Bertz CT molecular complexity index is 1490. The molecule has 12 heteroatoms. The number of methoxy groups -OCH3 is 2. The van der Waals surface area contributed by atoms with Crippen molar-refractivity contribution in [1.82, 2.24) is 10.3 Å². The molecule has 222 valence electrons. The average Bonchev–Trinajstić information content (AvgIpc) is 3.03. The summed E-state index contributed by atoms with van der Waals surface area (Å²) in [6, 6.07) is 19.3. The van der Waals surface area contributed by atoms with E-state index in [1.165, 1.54) is 44.7 Å². The number of likely N-dealkylation sites (tertiary alicyclic amines) is 1. The number of piperidine rings is 1. The summed E-state index contributed by atoms with van der Waals surface area (Å²) >= 11 is 0. The number of benzene rings is 3. The van der Waals surface area contributed by atoms with Gasteiger partial charge >= 0.3 is 0 Å². The van der Waals surface area contributed by atoms with Crippen LogP contribution in [0.5, 0.6) is 17.2 Å². The summed E-state index contributed by atoms with van der Waals surface area (Å²) in [6.07, 6.45) is 4.61. The molecule has 0 aromatic heterocycles. The Labute approximate surface area is 245 Å². The molecule has 0 bridgehead atoms. The molecule has 4 rings (SSSR count). The van der Waals surface area contributed by atoms with Gasteiger partial charge in [-0.2, -0.15) is 5.10 Å². The van der Waals surface area contributed by atoms with Gasteiger partial charge in [-0.15, -0.1) is 0 Å². The topological polar surface area (TPSA) is 127 Å². The molecule has 0 aliphatic carbocycles. The lowest BCUT2D eigenvalue weighted by Crippen LogP contribution is -2.39. The molecule has 0 radical (unpaired) electrons. The van der Waals surface area contributed by atoms with Crippen LogP contribution in [0.1, 0.15) is 24.8 Å². The number of hydrazone groups is 1. The number of ether oxygens (including phenoxy) is 3. The zero-order chi connectivity index (χ0) is 30.0. The van der Waals surface area contributed by atoms with E-state index in [9.17, 15) is 18.0 Å². The predicted molar refractivity (Wildman–Crippen MR) is 159 cm³/mol. The van der Waals surface area contributed by atoms with E-state index in [4.69, 9.17) is 14.2 Å². The highest BCUT2D eigenvalue weighted by molar-refractivity contribution is 7.92. The molecule has 0 saturated carbocycles. The Morgan fingerprint density at radius 1 is 0.929 bits per heavy atom. The molecular weight excluding hydrogens is 560 g/mol. The van der Waals surface area contributed by atoms with Crippen LogP contribution in [0.4, 0.5) is 5.69 Å². The van der Waals surface area contributed by atoms with Gasteiger partial charge in [0.1, 0.15) is 23.8 Å². The third-order valence-electron chi connectivity index (χ3n) is 6.63. The van der Waals surface area contributed by atoms with Gasteiger partial charge in [0.25, 0.3) is 21.8 Å². The lowest BCUT2D eigenvalue weighted by atomic mass is 10.1. The molecule has 2 amide bonds. The van der Waals surface area contributed by atoms with E-state index in [1.54, 1.807) is 48.5 Å². The van der Waals surface area contributed by atoms with E-state index >= 15 is 0 Å². The van der Waals surface area contributed by atoms with Gasteiger partial charge in [0.2, 0.25) is 0 Å². The second-order valence-electron chi connectivity index (χ2n) is 9.45. The normalized spacial score (nSPS) is 13.4. The van der Waals surface area contributed by atoms with Crippen molar-refractivity contribution in [3.8, 4) is 17.2 Å². The highest BCUT2D eigenvalue weighted by Gasteiger charge is 2.29. The van der Waals surface area contributed by atoms with Gasteiger partial charge in [0.15, 0.2) is 6.61 Å². The van der Waals surface area contributed by atoms with Gasteiger partial charge < -0.3 is 19.1 Å². The largest absolute Gasteiger partial charge is 0.497 e. The maximum Gasteiger partial charge on any atom is 0.264 e. The van der Waals surface area contributed by atoms with E-state index in [-0.39, 0.29) is 28.8 Å². The van der Waals surface area contributed by atoms with E-state index in [0.29, 0.717) is 17.1 Å². The minimum Gasteiger partial charge on any atom is -0.497 e. The molecule has 3 aromatic carbocycles. The fourth-order valence-electron chi connectivity index (χ4n) is 4.38. The van der Waals surface area contributed by atoms with E-state index < -0.39 is 22.5 Å². The summed E-state index contributed by atoms with van der Waals surface area (Å²) in [7, 11) is -1.26. The molecule has 1 heterocycles. The Kier molecular flexibility index (Phi) is 10.4. The first kappa shape index (κ1) is 30.4. The molecular formula is C30H34N4O7S. The Morgan fingerprint density at radius 3 is 2.29 bits per heavy atom. The van der Waals surface area contributed by atoms with Gasteiger partial charge in [-0.3, -0.25) is 13.9 Å². The smallest absolute Gasteiger partial charge is 0.264 e. The maximum atomic E-state index is 13.6. The molecule has 42 heavy (non-hydrogen) atoms. The zero-order valence-electron chi connectivity index (χ0n) is 23.6. The third-order valence-corrected chi connectivity index (χ3v) is 8.40. The van der Waals surface area contributed by atoms with Crippen LogP contribution >= 0.6 is 0 Å². The fraction of sp³-hybridized carbons (Fsp3) is 0.300. The quantitative estimate of drug-likeness (QED) is 0.251. The van der Waals surface area contributed by atoms with Crippen LogP contribution in [0.2, 0.25) is 0 Å². The highest BCUT2D eigenvalue weighted by atomic mass is 32.2. The SMILES string of the molecule is COc1ccc(N(CC(=O)N/N=C\c2ccc(OCC(=O)N3CCCCC3)cc2)S(=O)(=O)c2ccccc2)c(OC)c1. The van der Waals surface area contributed by atoms with Gasteiger partial charge in [-0.1, -0.05) is 18.2 Å². The summed E-state index contributed by atoms with van der Waals surface area (Å²) < 4.78 is 44.4. The van der Waals surface area contributed by atoms with Crippen molar-refractivity contribution in [2.75, 3.05) is 44.8 Å². The summed E-state index contributed by atoms with van der Waals surface area (Å²) in [4.78, 5) is 27.0. The standard InChI is InChI=1S/C30H34N4O7S/c1-39-25-15-16-27(28(19-25)40-2)34(42(37,38)26-9-5-3-6-10-26)21-29(35)32-31-20-23-11-13-24(14-12-23)41-22-30(36)33-17-7-4-8-18-33/h3,5-6,9-16,19-20H,4,7-8,17-18,21-22H2,1-2H3,(H,32,35)/b31-20-. The molecule has 0 unspecified atom stereocenters. The molecule has 1 saturated heterocycles. The van der Waals surface area contributed by atoms with Crippen LogP contribution in [-0.2, 0) is 19.6 Å². The number of anilines is 1. The Morgan fingerprint density at radius 2 is 1.62 bits per heavy atom. The van der Waals surface area contributed by atoms with Gasteiger partial charge in [-0.25, -0.2) is 13.8 Å². The second kappa shape index (κ2) is 14.4. The number of rotatable bonds is 12.